The second-order valence-electron chi connectivity index (χ2n) is 1.15. The lowest BCUT2D eigenvalue weighted by molar-refractivity contribution is -0.142. The van der Waals surface area contributed by atoms with E-state index in [4.69, 9.17) is 22.6 Å². The lowest BCUT2D eigenvalue weighted by atomic mass is 10.8. The van der Waals surface area contributed by atoms with E-state index in [9.17, 15) is 4.79 Å². The van der Waals surface area contributed by atoms with Gasteiger partial charge >= 0.3 is 16.4 Å². The second-order valence-corrected chi connectivity index (χ2v) is 2.05. The molecule has 68 valence electrons. The summed E-state index contributed by atoms with van der Waals surface area (Å²) >= 11 is 0. The van der Waals surface area contributed by atoms with E-state index < -0.39 is 23.0 Å². The van der Waals surface area contributed by atoms with Crippen molar-refractivity contribution in [2.75, 3.05) is 6.61 Å². The summed E-state index contributed by atoms with van der Waals surface area (Å²) < 4.78 is 31.6. The molecule has 0 aliphatic rings. The largest absolute Gasteiger partial charge is 0.479 e. The number of carbonyl (C=O) groups is 1. The van der Waals surface area contributed by atoms with E-state index in [1.54, 1.807) is 0 Å². The predicted octanol–water partition coefficient (Wildman–Crippen LogP) is -1.69. The number of carboxylic acids is 1. The Morgan fingerprint density at radius 3 is 1.73 bits per heavy atom. The van der Waals surface area contributed by atoms with Gasteiger partial charge < -0.3 is 5.11 Å². The molecule has 0 fully saturated rings. The Bertz CT molecular complexity index is 186. The SMILES string of the molecule is NOCC(=O)O.O=S(=O)(O)O. The van der Waals surface area contributed by atoms with Gasteiger partial charge in [-0.2, -0.15) is 8.42 Å². The zero-order valence-electron chi connectivity index (χ0n) is 5.17. The quantitative estimate of drug-likeness (QED) is 0.297. The number of carboxylic acid groups (broad SMARTS) is 1. The lowest BCUT2D eigenvalue weighted by Gasteiger charge is -1.83. The second kappa shape index (κ2) is 6.00. The standard InChI is InChI=1S/C2H5NO3.H2O4S/c3-6-1-2(4)5;1-5(2,3)4/h1,3H2,(H,4,5);(H2,1,2,3,4). The summed E-state index contributed by atoms with van der Waals surface area (Å²) in [6.07, 6.45) is 0. The summed E-state index contributed by atoms with van der Waals surface area (Å²) in [6.45, 7) is -0.431. The summed E-state index contributed by atoms with van der Waals surface area (Å²) in [4.78, 5) is 13.1. The Kier molecular flexibility index (Phi) is 7.04. The molecule has 11 heavy (non-hydrogen) atoms. The molecule has 9 heteroatoms. The molecular formula is C2H7NO7S. The van der Waals surface area contributed by atoms with Crippen LogP contribution in [0, 0.1) is 0 Å². The molecule has 0 aromatic carbocycles. The summed E-state index contributed by atoms with van der Waals surface area (Å²) in [7, 11) is -4.67. The van der Waals surface area contributed by atoms with Crippen LogP contribution in [0.5, 0.6) is 0 Å². The zero-order chi connectivity index (χ0) is 9.49. The molecule has 8 nitrogen and oxygen atoms in total. The van der Waals surface area contributed by atoms with Crippen molar-refractivity contribution < 1.29 is 32.3 Å². The van der Waals surface area contributed by atoms with Crippen molar-refractivity contribution in [3.05, 3.63) is 0 Å². The first-order chi connectivity index (χ1) is 4.77. The molecule has 0 aliphatic carbocycles. The van der Waals surface area contributed by atoms with E-state index in [-0.39, 0.29) is 0 Å². The average molecular weight is 189 g/mol. The number of hydrogen-bond donors (Lipinski definition) is 4. The van der Waals surface area contributed by atoms with Gasteiger partial charge in [-0.05, 0) is 0 Å². The molecule has 0 bridgehead atoms. The van der Waals surface area contributed by atoms with Crippen LogP contribution in [-0.4, -0.2) is 35.2 Å². The molecule has 0 aromatic rings. The third-order valence-electron chi connectivity index (χ3n) is 0.207. The highest BCUT2D eigenvalue weighted by Gasteiger charge is 1.88. The fourth-order valence-electron chi connectivity index (χ4n) is 0.0713. The van der Waals surface area contributed by atoms with E-state index in [0.29, 0.717) is 0 Å². The van der Waals surface area contributed by atoms with Crippen LogP contribution in [0.15, 0.2) is 0 Å². The minimum Gasteiger partial charge on any atom is -0.479 e. The number of nitrogens with two attached hydrogens (primary N) is 1. The monoisotopic (exact) mass is 189 g/mol. The normalized spacial score (nSPS) is 9.73. The van der Waals surface area contributed by atoms with Crippen molar-refractivity contribution in [3.63, 3.8) is 0 Å². The average Bonchev–Trinajstić information content (AvgIpc) is 1.58. The Hall–Kier alpha value is -0.740. The minimum atomic E-state index is -4.67. The molecule has 0 atom stereocenters. The first-order valence-corrected chi connectivity index (χ1v) is 3.40. The highest BCUT2D eigenvalue weighted by Crippen LogP contribution is 1.59. The van der Waals surface area contributed by atoms with E-state index in [0.717, 1.165) is 0 Å². The first kappa shape index (κ1) is 12.9. The third-order valence-corrected chi connectivity index (χ3v) is 0.207. The molecule has 0 saturated heterocycles. The first-order valence-electron chi connectivity index (χ1n) is 2.00. The van der Waals surface area contributed by atoms with Crippen molar-refractivity contribution >= 4 is 16.4 Å². The van der Waals surface area contributed by atoms with E-state index in [2.05, 4.69) is 10.7 Å². The Morgan fingerprint density at radius 2 is 1.73 bits per heavy atom. The summed E-state index contributed by atoms with van der Waals surface area (Å²) in [5, 5.41) is 7.71. The zero-order valence-corrected chi connectivity index (χ0v) is 5.98. The maximum atomic E-state index is 9.39. The predicted molar refractivity (Wildman–Crippen MR) is 32.0 cm³/mol. The molecule has 0 unspecified atom stereocenters. The summed E-state index contributed by atoms with van der Waals surface area (Å²) in [6, 6.07) is 0. The van der Waals surface area contributed by atoms with Gasteiger partial charge in [0.25, 0.3) is 0 Å². The van der Waals surface area contributed by atoms with Crippen LogP contribution < -0.4 is 5.90 Å². The van der Waals surface area contributed by atoms with Crippen LogP contribution in [0.4, 0.5) is 0 Å². The van der Waals surface area contributed by atoms with Crippen LogP contribution in [0.1, 0.15) is 0 Å². The Labute approximate surface area is 62.1 Å². The van der Waals surface area contributed by atoms with Crippen molar-refractivity contribution in [1.82, 2.24) is 0 Å². The van der Waals surface area contributed by atoms with Crippen LogP contribution in [-0.2, 0) is 20.0 Å². The van der Waals surface area contributed by atoms with Gasteiger partial charge in [-0.15, -0.1) is 0 Å². The number of hydrogen-bond acceptors (Lipinski definition) is 5. The van der Waals surface area contributed by atoms with Gasteiger partial charge in [0.1, 0.15) is 0 Å². The molecule has 0 rings (SSSR count). The topological polar surface area (TPSA) is 147 Å². The van der Waals surface area contributed by atoms with Gasteiger partial charge in [0.2, 0.25) is 0 Å². The van der Waals surface area contributed by atoms with Gasteiger partial charge in [0, 0.05) is 0 Å². The highest BCUT2D eigenvalue weighted by atomic mass is 32.3. The van der Waals surface area contributed by atoms with Gasteiger partial charge in [0.15, 0.2) is 6.61 Å². The summed E-state index contributed by atoms with van der Waals surface area (Å²) in [5.41, 5.74) is 0. The van der Waals surface area contributed by atoms with Crippen LogP contribution in [0.2, 0.25) is 0 Å². The van der Waals surface area contributed by atoms with Crippen LogP contribution in [0.25, 0.3) is 0 Å². The van der Waals surface area contributed by atoms with Gasteiger partial charge in [0.05, 0.1) is 0 Å². The molecule has 0 aliphatic heterocycles. The number of aliphatic carboxylic acids is 1. The van der Waals surface area contributed by atoms with Crippen LogP contribution in [0.3, 0.4) is 0 Å². The summed E-state index contributed by atoms with van der Waals surface area (Å²) in [5.74, 6) is 3.29. The van der Waals surface area contributed by atoms with Gasteiger partial charge in [-0.1, -0.05) is 0 Å². The molecule has 0 radical (unpaired) electrons. The Balaban J connectivity index is 0. The molecule has 0 heterocycles. The molecule has 0 amide bonds. The lowest BCUT2D eigenvalue weighted by Crippen LogP contribution is -2.10. The molecule has 0 spiro atoms. The molecular weight excluding hydrogens is 182 g/mol. The Morgan fingerprint density at radius 1 is 1.45 bits per heavy atom. The molecule has 5 N–H and O–H groups in total. The smallest absolute Gasteiger partial charge is 0.394 e. The van der Waals surface area contributed by atoms with Crippen molar-refractivity contribution in [2.45, 2.75) is 0 Å². The van der Waals surface area contributed by atoms with Gasteiger partial charge in [-0.3, -0.25) is 13.9 Å². The van der Waals surface area contributed by atoms with E-state index in [1.165, 1.54) is 0 Å². The fourth-order valence-corrected chi connectivity index (χ4v) is 0.0713. The molecule has 0 aromatic heterocycles. The van der Waals surface area contributed by atoms with Crippen molar-refractivity contribution in [2.24, 2.45) is 5.90 Å². The fraction of sp³-hybridized carbons (Fsp3) is 0.500. The molecule has 0 saturated carbocycles. The van der Waals surface area contributed by atoms with Gasteiger partial charge in [-0.25, -0.2) is 10.7 Å². The van der Waals surface area contributed by atoms with Crippen molar-refractivity contribution in [3.8, 4) is 0 Å². The highest BCUT2D eigenvalue weighted by molar-refractivity contribution is 7.79. The number of rotatable bonds is 2. The minimum absolute atomic E-state index is 0.431. The van der Waals surface area contributed by atoms with E-state index in [1.807, 2.05) is 0 Å². The maximum Gasteiger partial charge on any atom is 0.394 e. The van der Waals surface area contributed by atoms with Crippen LogP contribution >= 0.6 is 0 Å². The third kappa shape index (κ3) is 95.6. The van der Waals surface area contributed by atoms with E-state index >= 15 is 0 Å². The maximum absolute atomic E-state index is 9.39. The van der Waals surface area contributed by atoms with Crippen molar-refractivity contribution in [1.29, 1.82) is 0 Å².